The van der Waals surface area contributed by atoms with Crippen molar-refractivity contribution in [2.45, 2.75) is 51.6 Å². The molecule has 0 unspecified atom stereocenters. The zero-order valence-electron chi connectivity index (χ0n) is 14.1. The minimum atomic E-state index is -3.75. The molecule has 4 nitrogen and oxygen atoms in total. The Morgan fingerprint density at radius 3 is 2.32 bits per heavy atom. The van der Waals surface area contributed by atoms with Crippen molar-refractivity contribution < 1.29 is 21.4 Å². The van der Waals surface area contributed by atoms with Gasteiger partial charge in [0.25, 0.3) is 18.4 Å². The van der Waals surface area contributed by atoms with E-state index in [1.807, 2.05) is 33.9 Å². The Labute approximate surface area is 133 Å². The third-order valence-electron chi connectivity index (χ3n) is 3.84. The lowest BCUT2D eigenvalue weighted by Gasteiger charge is -2.37. The zero-order valence-corrected chi connectivity index (χ0v) is 15.9. The molecule has 0 saturated heterocycles. The van der Waals surface area contributed by atoms with Gasteiger partial charge in [0.05, 0.1) is 6.61 Å². The van der Waals surface area contributed by atoms with Crippen molar-refractivity contribution in [3.63, 3.8) is 0 Å². The summed E-state index contributed by atoms with van der Waals surface area (Å²) in [6, 6.07) is 4.31. The highest BCUT2D eigenvalue weighted by Crippen LogP contribution is 2.39. The summed E-state index contributed by atoms with van der Waals surface area (Å²) in [6.45, 7) is 11.7. The monoisotopic (exact) mass is 348 g/mol. The van der Waals surface area contributed by atoms with Gasteiger partial charge >= 0.3 is 0 Å². The standard InChI is InChI=1S/C15H25FO4SSi/c1-7-19-21(17,18)11-12-9-8-10-13(16)14(12)20-22(5,6)15(2,3)4/h8-10H,7,11H2,1-6H3. The van der Waals surface area contributed by atoms with E-state index in [9.17, 15) is 12.8 Å². The smallest absolute Gasteiger partial charge is 0.271 e. The van der Waals surface area contributed by atoms with Gasteiger partial charge in [-0.1, -0.05) is 32.9 Å². The second-order valence-electron chi connectivity index (χ2n) is 6.70. The van der Waals surface area contributed by atoms with Crippen LogP contribution < -0.4 is 4.43 Å². The molecule has 126 valence electrons. The van der Waals surface area contributed by atoms with E-state index in [2.05, 4.69) is 0 Å². The highest BCUT2D eigenvalue weighted by Gasteiger charge is 2.40. The lowest BCUT2D eigenvalue weighted by atomic mass is 10.2. The first-order chi connectivity index (χ1) is 9.89. The number of hydrogen-bond donors (Lipinski definition) is 0. The quantitative estimate of drug-likeness (QED) is 0.574. The van der Waals surface area contributed by atoms with Gasteiger partial charge in [0.15, 0.2) is 5.82 Å². The predicted octanol–water partition coefficient (Wildman–Crippen LogP) is 4.08. The maximum absolute atomic E-state index is 14.2. The highest BCUT2D eigenvalue weighted by atomic mass is 32.2. The number of rotatable bonds is 6. The Kier molecular flexibility index (Phi) is 5.81. The fourth-order valence-corrected chi connectivity index (χ4v) is 3.70. The van der Waals surface area contributed by atoms with Crippen LogP contribution in [0.25, 0.3) is 0 Å². The summed E-state index contributed by atoms with van der Waals surface area (Å²) in [5.41, 5.74) is 0.290. The van der Waals surface area contributed by atoms with Crippen molar-refractivity contribution >= 4 is 18.4 Å². The first-order valence-corrected chi connectivity index (χ1v) is 11.7. The Balaban J connectivity index is 3.21. The summed E-state index contributed by atoms with van der Waals surface area (Å²) >= 11 is 0. The molecule has 0 saturated carbocycles. The molecule has 22 heavy (non-hydrogen) atoms. The average molecular weight is 349 g/mol. The first kappa shape index (κ1) is 19.1. The van der Waals surface area contributed by atoms with Crippen molar-refractivity contribution in [1.82, 2.24) is 0 Å². The van der Waals surface area contributed by atoms with Gasteiger partial charge in [-0.2, -0.15) is 8.42 Å². The van der Waals surface area contributed by atoms with Crippen molar-refractivity contribution in [2.75, 3.05) is 6.61 Å². The number of benzene rings is 1. The van der Waals surface area contributed by atoms with Crippen LogP contribution in [0.5, 0.6) is 5.75 Å². The number of halogens is 1. The molecule has 1 aromatic rings. The minimum Gasteiger partial charge on any atom is -0.541 e. The second kappa shape index (κ2) is 6.68. The first-order valence-electron chi connectivity index (χ1n) is 7.23. The van der Waals surface area contributed by atoms with Crippen LogP contribution in [0.3, 0.4) is 0 Å². The lowest BCUT2D eigenvalue weighted by molar-refractivity contribution is 0.337. The van der Waals surface area contributed by atoms with E-state index in [1.54, 1.807) is 13.0 Å². The Morgan fingerprint density at radius 2 is 1.82 bits per heavy atom. The summed E-state index contributed by atoms with van der Waals surface area (Å²) in [6.07, 6.45) is 0. The zero-order chi connectivity index (χ0) is 17.2. The van der Waals surface area contributed by atoms with Crippen molar-refractivity contribution in [1.29, 1.82) is 0 Å². The third kappa shape index (κ3) is 4.79. The lowest BCUT2D eigenvalue weighted by Crippen LogP contribution is -2.44. The summed E-state index contributed by atoms with van der Waals surface area (Å²) in [7, 11) is -6.02. The molecule has 7 heteroatoms. The fraction of sp³-hybridized carbons (Fsp3) is 0.600. The molecule has 0 amide bonds. The van der Waals surface area contributed by atoms with E-state index >= 15 is 0 Å². The Hall–Kier alpha value is -0.923. The summed E-state index contributed by atoms with van der Waals surface area (Å²) in [5, 5.41) is -0.120. The van der Waals surface area contributed by atoms with Gasteiger partial charge in [0.2, 0.25) is 0 Å². The van der Waals surface area contributed by atoms with Crippen LogP contribution in [0.15, 0.2) is 18.2 Å². The molecule has 0 aliphatic carbocycles. The van der Waals surface area contributed by atoms with Crippen LogP contribution in [0.4, 0.5) is 4.39 Å². The maximum Gasteiger partial charge on any atom is 0.271 e. The minimum absolute atomic E-state index is 0.0253. The van der Waals surface area contributed by atoms with Gasteiger partial charge < -0.3 is 4.43 Å². The number of para-hydroxylation sites is 1. The SMILES string of the molecule is CCOS(=O)(=O)Cc1cccc(F)c1O[Si](C)(C)C(C)(C)C. The summed E-state index contributed by atoms with van der Waals surface area (Å²) in [5.74, 6) is -0.922. The van der Waals surface area contributed by atoms with Crippen LogP contribution in [0.2, 0.25) is 18.1 Å². The van der Waals surface area contributed by atoms with Crippen LogP contribution in [-0.2, 0) is 20.1 Å². The van der Waals surface area contributed by atoms with Gasteiger partial charge in [-0.25, -0.2) is 4.39 Å². The highest BCUT2D eigenvalue weighted by molar-refractivity contribution is 7.85. The van der Waals surface area contributed by atoms with Crippen molar-refractivity contribution in [2.24, 2.45) is 0 Å². The van der Waals surface area contributed by atoms with Crippen LogP contribution >= 0.6 is 0 Å². The van der Waals surface area contributed by atoms with Gasteiger partial charge in [0.1, 0.15) is 11.5 Å². The topological polar surface area (TPSA) is 52.6 Å². The molecule has 0 aromatic heterocycles. The molecule has 0 heterocycles. The molecule has 0 bridgehead atoms. The molecular formula is C15H25FO4SSi. The van der Waals surface area contributed by atoms with Crippen LogP contribution in [0, 0.1) is 5.82 Å². The van der Waals surface area contributed by atoms with Gasteiger partial charge in [-0.05, 0) is 31.1 Å². The van der Waals surface area contributed by atoms with Crippen molar-refractivity contribution in [3.05, 3.63) is 29.6 Å². The summed E-state index contributed by atoms with van der Waals surface area (Å²) < 4.78 is 48.6. The fourth-order valence-electron chi connectivity index (χ4n) is 1.60. The molecular weight excluding hydrogens is 323 g/mol. The number of hydrogen-bond acceptors (Lipinski definition) is 4. The molecule has 0 N–H and O–H groups in total. The van der Waals surface area contributed by atoms with E-state index in [4.69, 9.17) is 8.61 Å². The molecule has 1 aromatic carbocycles. The molecule has 0 spiro atoms. The molecule has 0 aliphatic rings. The van der Waals surface area contributed by atoms with E-state index in [0.29, 0.717) is 5.56 Å². The normalized spacial score (nSPS) is 13.2. The molecule has 0 radical (unpaired) electrons. The van der Waals surface area contributed by atoms with Crippen LogP contribution in [-0.4, -0.2) is 23.3 Å². The van der Waals surface area contributed by atoms with E-state index in [1.165, 1.54) is 12.1 Å². The second-order valence-corrected chi connectivity index (χ2v) is 13.1. The van der Waals surface area contributed by atoms with E-state index < -0.39 is 30.0 Å². The van der Waals surface area contributed by atoms with Gasteiger partial charge in [-0.15, -0.1) is 0 Å². The molecule has 0 aliphatic heterocycles. The Morgan fingerprint density at radius 1 is 1.23 bits per heavy atom. The van der Waals surface area contributed by atoms with E-state index in [0.717, 1.165) is 0 Å². The molecule has 0 atom stereocenters. The van der Waals surface area contributed by atoms with E-state index in [-0.39, 0.29) is 17.4 Å². The molecule has 1 rings (SSSR count). The maximum atomic E-state index is 14.2. The Bertz CT molecular complexity index is 621. The third-order valence-corrected chi connectivity index (χ3v) is 9.43. The summed E-state index contributed by atoms with van der Waals surface area (Å²) in [4.78, 5) is 0. The van der Waals surface area contributed by atoms with Crippen molar-refractivity contribution in [3.8, 4) is 5.75 Å². The largest absolute Gasteiger partial charge is 0.541 e. The van der Waals surface area contributed by atoms with Crippen LogP contribution in [0.1, 0.15) is 33.3 Å². The average Bonchev–Trinajstić information content (AvgIpc) is 2.31. The van der Waals surface area contributed by atoms with Gasteiger partial charge in [0, 0.05) is 5.56 Å². The predicted molar refractivity (Wildman–Crippen MR) is 88.5 cm³/mol. The molecule has 0 fully saturated rings. The van der Waals surface area contributed by atoms with Gasteiger partial charge in [-0.3, -0.25) is 4.18 Å².